The molecule has 0 fully saturated rings. The van der Waals surface area contributed by atoms with Crippen molar-refractivity contribution in [3.8, 4) is 5.75 Å². The molecule has 0 aromatic heterocycles. The van der Waals surface area contributed by atoms with E-state index in [9.17, 15) is 13.2 Å². The average molecular weight is 360 g/mol. The predicted octanol–water partition coefficient (Wildman–Crippen LogP) is 2.55. The van der Waals surface area contributed by atoms with E-state index >= 15 is 0 Å². The minimum atomic E-state index is -3.58. The molecule has 1 heterocycles. The fourth-order valence-electron chi connectivity index (χ4n) is 2.97. The van der Waals surface area contributed by atoms with Crippen LogP contribution in [-0.4, -0.2) is 28.0 Å². The molecule has 0 radical (unpaired) electrons. The maximum absolute atomic E-state index is 12.5. The molecule has 2 aromatic rings. The Kier molecular flexibility index (Phi) is 4.67. The van der Waals surface area contributed by atoms with Crippen LogP contribution in [0.1, 0.15) is 18.1 Å². The Hall–Kier alpha value is -2.54. The van der Waals surface area contributed by atoms with Crippen LogP contribution in [0.15, 0.2) is 42.5 Å². The maximum Gasteiger partial charge on any atom is 0.236 e. The third-order valence-corrected chi connectivity index (χ3v) is 5.39. The van der Waals surface area contributed by atoms with Crippen LogP contribution in [0.2, 0.25) is 0 Å². The molecular weight excluding hydrogens is 340 g/mol. The molecular formula is C18H20N2O4S. The number of fused-ring (bicyclic) bond motifs is 1. The van der Waals surface area contributed by atoms with E-state index < -0.39 is 10.0 Å². The van der Waals surface area contributed by atoms with Crippen molar-refractivity contribution >= 4 is 27.3 Å². The second kappa shape index (κ2) is 6.76. The largest absolute Gasteiger partial charge is 0.497 e. The number of ether oxygens (including phenoxy) is 1. The summed E-state index contributed by atoms with van der Waals surface area (Å²) in [7, 11) is -2.04. The highest BCUT2D eigenvalue weighted by Gasteiger charge is 2.23. The monoisotopic (exact) mass is 360 g/mol. The van der Waals surface area contributed by atoms with Crippen molar-refractivity contribution in [3.63, 3.8) is 0 Å². The Morgan fingerprint density at radius 3 is 2.76 bits per heavy atom. The Bertz CT molecular complexity index is 909. The lowest BCUT2D eigenvalue weighted by atomic mass is 10.1. The Balaban J connectivity index is 1.79. The van der Waals surface area contributed by atoms with Crippen molar-refractivity contribution in [1.82, 2.24) is 0 Å². The normalized spacial score (nSPS) is 13.4. The molecule has 1 amide bonds. The summed E-state index contributed by atoms with van der Waals surface area (Å²) in [4.78, 5) is 13.3. The van der Waals surface area contributed by atoms with Gasteiger partial charge in [-0.1, -0.05) is 18.2 Å². The van der Waals surface area contributed by atoms with Gasteiger partial charge in [0.05, 0.1) is 18.6 Å². The topological polar surface area (TPSA) is 75.7 Å². The van der Waals surface area contributed by atoms with Crippen molar-refractivity contribution in [2.75, 3.05) is 23.3 Å². The standard InChI is InChI=1S/C18H20N2O4S/c1-13(21)20-9-8-15-6-7-16(11-18(15)20)19-25(22,23)12-14-4-3-5-17(10-14)24-2/h3-7,10-11,19H,8-9,12H2,1-2H3. The number of anilines is 2. The second-order valence-electron chi connectivity index (χ2n) is 5.98. The number of hydrogen-bond donors (Lipinski definition) is 1. The fourth-order valence-corrected chi connectivity index (χ4v) is 4.14. The van der Waals surface area contributed by atoms with E-state index in [1.54, 1.807) is 41.3 Å². The van der Waals surface area contributed by atoms with Gasteiger partial charge in [0, 0.05) is 19.2 Å². The zero-order valence-electron chi connectivity index (χ0n) is 14.2. The molecule has 7 heteroatoms. The summed E-state index contributed by atoms with van der Waals surface area (Å²) in [6.07, 6.45) is 0.783. The number of carbonyl (C=O) groups excluding carboxylic acids is 1. The van der Waals surface area contributed by atoms with Gasteiger partial charge in [-0.15, -0.1) is 0 Å². The van der Waals surface area contributed by atoms with E-state index in [1.807, 2.05) is 6.07 Å². The molecule has 25 heavy (non-hydrogen) atoms. The van der Waals surface area contributed by atoms with Crippen molar-refractivity contribution in [2.24, 2.45) is 0 Å². The minimum Gasteiger partial charge on any atom is -0.497 e. The Morgan fingerprint density at radius 2 is 2.04 bits per heavy atom. The number of amides is 1. The molecule has 1 aliphatic heterocycles. The Labute approximate surface area is 147 Å². The molecule has 2 aromatic carbocycles. The second-order valence-corrected chi connectivity index (χ2v) is 7.70. The lowest BCUT2D eigenvalue weighted by Gasteiger charge is -2.16. The van der Waals surface area contributed by atoms with Crippen molar-refractivity contribution in [1.29, 1.82) is 0 Å². The van der Waals surface area contributed by atoms with E-state index in [1.165, 1.54) is 14.0 Å². The Morgan fingerprint density at radius 1 is 1.24 bits per heavy atom. The van der Waals surface area contributed by atoms with Crippen molar-refractivity contribution < 1.29 is 17.9 Å². The summed E-state index contributed by atoms with van der Waals surface area (Å²) in [5.41, 5.74) is 2.91. The SMILES string of the molecule is COc1cccc(CS(=O)(=O)Nc2ccc3c(c2)N(C(C)=O)CC3)c1. The van der Waals surface area contributed by atoms with E-state index in [4.69, 9.17) is 4.74 Å². The molecule has 6 nitrogen and oxygen atoms in total. The van der Waals surface area contributed by atoms with Gasteiger partial charge in [0.15, 0.2) is 0 Å². The first-order valence-electron chi connectivity index (χ1n) is 7.92. The third kappa shape index (κ3) is 3.93. The van der Waals surface area contributed by atoms with Gasteiger partial charge in [-0.2, -0.15) is 0 Å². The smallest absolute Gasteiger partial charge is 0.236 e. The van der Waals surface area contributed by atoms with Gasteiger partial charge < -0.3 is 9.64 Å². The van der Waals surface area contributed by atoms with Gasteiger partial charge >= 0.3 is 0 Å². The molecule has 0 atom stereocenters. The molecule has 0 saturated heterocycles. The van der Waals surface area contributed by atoms with Gasteiger partial charge in [0.1, 0.15) is 5.75 Å². The first kappa shape index (κ1) is 17.3. The first-order chi connectivity index (χ1) is 11.9. The number of sulfonamides is 1. The molecule has 0 spiro atoms. The summed E-state index contributed by atoms with van der Waals surface area (Å²) in [6, 6.07) is 12.3. The van der Waals surface area contributed by atoms with Gasteiger partial charge in [-0.25, -0.2) is 8.42 Å². The fraction of sp³-hybridized carbons (Fsp3) is 0.278. The third-order valence-electron chi connectivity index (χ3n) is 4.13. The summed E-state index contributed by atoms with van der Waals surface area (Å²) >= 11 is 0. The highest BCUT2D eigenvalue weighted by atomic mass is 32.2. The highest BCUT2D eigenvalue weighted by molar-refractivity contribution is 7.91. The van der Waals surface area contributed by atoms with E-state index in [2.05, 4.69) is 4.72 Å². The van der Waals surface area contributed by atoms with Gasteiger partial charge in [-0.05, 0) is 41.8 Å². The molecule has 132 valence electrons. The minimum absolute atomic E-state index is 0.0462. The van der Waals surface area contributed by atoms with Crippen molar-refractivity contribution in [2.45, 2.75) is 19.1 Å². The molecule has 1 aliphatic rings. The zero-order chi connectivity index (χ0) is 18.0. The number of nitrogens with one attached hydrogen (secondary N) is 1. The van der Waals surface area contributed by atoms with Crippen LogP contribution < -0.4 is 14.4 Å². The average Bonchev–Trinajstić information content (AvgIpc) is 2.97. The van der Waals surface area contributed by atoms with Crippen LogP contribution in [0.4, 0.5) is 11.4 Å². The first-order valence-corrected chi connectivity index (χ1v) is 9.57. The summed E-state index contributed by atoms with van der Waals surface area (Å²) in [5, 5.41) is 0. The molecule has 0 bridgehead atoms. The number of benzene rings is 2. The van der Waals surface area contributed by atoms with E-state index in [0.29, 0.717) is 23.5 Å². The number of rotatable bonds is 5. The van der Waals surface area contributed by atoms with Crippen LogP contribution in [0.3, 0.4) is 0 Å². The molecule has 0 aliphatic carbocycles. The quantitative estimate of drug-likeness (QED) is 0.889. The summed E-state index contributed by atoms with van der Waals surface area (Å²) in [5.74, 6) is 0.412. The number of nitrogens with zero attached hydrogens (tertiary/aromatic N) is 1. The van der Waals surface area contributed by atoms with E-state index in [-0.39, 0.29) is 11.7 Å². The van der Waals surface area contributed by atoms with Gasteiger partial charge in [0.25, 0.3) is 0 Å². The van der Waals surface area contributed by atoms with Crippen LogP contribution >= 0.6 is 0 Å². The molecule has 1 N–H and O–H groups in total. The lowest BCUT2D eigenvalue weighted by Crippen LogP contribution is -2.25. The predicted molar refractivity (Wildman–Crippen MR) is 97.4 cm³/mol. The summed E-state index contributed by atoms with van der Waals surface area (Å²) in [6.45, 7) is 2.14. The van der Waals surface area contributed by atoms with Gasteiger partial charge in [0.2, 0.25) is 15.9 Å². The molecule has 0 unspecified atom stereocenters. The van der Waals surface area contributed by atoms with Crippen LogP contribution in [-0.2, 0) is 27.0 Å². The zero-order valence-corrected chi connectivity index (χ0v) is 15.0. The van der Waals surface area contributed by atoms with Crippen LogP contribution in [0.5, 0.6) is 5.75 Å². The number of carbonyl (C=O) groups is 1. The number of methoxy groups -OCH3 is 1. The van der Waals surface area contributed by atoms with Crippen LogP contribution in [0.25, 0.3) is 0 Å². The van der Waals surface area contributed by atoms with Crippen LogP contribution in [0, 0.1) is 0 Å². The van der Waals surface area contributed by atoms with Gasteiger partial charge in [-0.3, -0.25) is 9.52 Å². The highest BCUT2D eigenvalue weighted by Crippen LogP contribution is 2.31. The summed E-state index contributed by atoms with van der Waals surface area (Å²) < 4.78 is 32.6. The molecule has 0 saturated carbocycles. The lowest BCUT2D eigenvalue weighted by molar-refractivity contribution is -0.116. The van der Waals surface area contributed by atoms with Crippen molar-refractivity contribution in [3.05, 3.63) is 53.6 Å². The number of hydrogen-bond acceptors (Lipinski definition) is 4. The maximum atomic E-state index is 12.5. The molecule has 3 rings (SSSR count). The van der Waals surface area contributed by atoms with E-state index in [0.717, 1.165) is 17.7 Å².